The minimum Gasteiger partial charge on any atom is -0.481 e. The summed E-state index contributed by atoms with van der Waals surface area (Å²) in [6.45, 7) is -0.460. The molecule has 0 spiro atoms. The third-order valence-electron chi connectivity index (χ3n) is 3.84. The van der Waals surface area contributed by atoms with Gasteiger partial charge in [0, 0.05) is 12.6 Å². The summed E-state index contributed by atoms with van der Waals surface area (Å²) in [5.41, 5.74) is 1.67. The Kier molecular flexibility index (Phi) is 4.99. The van der Waals surface area contributed by atoms with Crippen molar-refractivity contribution < 1.29 is 19.4 Å². The second kappa shape index (κ2) is 7.37. The van der Waals surface area contributed by atoms with Crippen LogP contribution in [0.15, 0.2) is 60.3 Å². The number of para-hydroxylation sites is 2. The third kappa shape index (κ3) is 3.43. The van der Waals surface area contributed by atoms with E-state index in [0.29, 0.717) is 27.8 Å². The number of anilines is 1. The molecule has 1 amide bonds. The van der Waals surface area contributed by atoms with Crippen LogP contribution in [0.3, 0.4) is 0 Å². The molecule has 0 unspecified atom stereocenters. The highest BCUT2D eigenvalue weighted by atomic mass is 32.1. The number of likely N-dealkylation sites (N-methyl/N-ethyl adjacent to an activating group) is 1. The Morgan fingerprint density at radius 1 is 1.15 bits per heavy atom. The first-order valence-electron chi connectivity index (χ1n) is 7.81. The van der Waals surface area contributed by atoms with Crippen molar-refractivity contribution in [1.29, 1.82) is 0 Å². The number of benzene rings is 2. The van der Waals surface area contributed by atoms with E-state index in [1.165, 1.54) is 4.90 Å². The Morgan fingerprint density at radius 3 is 2.50 bits per heavy atom. The van der Waals surface area contributed by atoms with Crippen LogP contribution in [0.25, 0.3) is 6.08 Å². The molecule has 1 heterocycles. The highest BCUT2D eigenvalue weighted by molar-refractivity contribution is 7.80. The van der Waals surface area contributed by atoms with E-state index in [4.69, 9.17) is 22.1 Å². The third-order valence-corrected chi connectivity index (χ3v) is 4.29. The molecule has 3 rings (SSSR count). The van der Waals surface area contributed by atoms with Crippen molar-refractivity contribution in [3.05, 3.63) is 65.9 Å². The SMILES string of the molecule is CN1C(=S)N(c2ccccc2)C(=O)/C1=C/c1ccccc1OCC(=O)O. The van der Waals surface area contributed by atoms with Crippen LogP contribution in [0.4, 0.5) is 5.69 Å². The first-order valence-corrected chi connectivity index (χ1v) is 8.22. The molecule has 1 aliphatic rings. The van der Waals surface area contributed by atoms with Crippen molar-refractivity contribution >= 4 is 41.0 Å². The fourth-order valence-electron chi connectivity index (χ4n) is 2.58. The molecule has 0 bridgehead atoms. The number of carbonyl (C=O) groups excluding carboxylic acids is 1. The van der Waals surface area contributed by atoms with Gasteiger partial charge in [-0.25, -0.2) is 4.79 Å². The number of thiocarbonyl (C=S) groups is 1. The summed E-state index contributed by atoms with van der Waals surface area (Å²) in [6.07, 6.45) is 1.65. The zero-order chi connectivity index (χ0) is 18.7. The normalized spacial score (nSPS) is 15.7. The molecule has 0 aliphatic carbocycles. The lowest BCUT2D eigenvalue weighted by Crippen LogP contribution is -2.30. The maximum atomic E-state index is 12.9. The molecule has 0 radical (unpaired) electrons. The summed E-state index contributed by atoms with van der Waals surface area (Å²) < 4.78 is 5.30. The second-order valence-corrected chi connectivity index (χ2v) is 5.93. The molecule has 1 aliphatic heterocycles. The summed E-state index contributed by atoms with van der Waals surface area (Å²) in [5, 5.41) is 9.17. The van der Waals surface area contributed by atoms with Crippen molar-refractivity contribution in [2.45, 2.75) is 0 Å². The Balaban J connectivity index is 1.96. The summed E-state index contributed by atoms with van der Waals surface area (Å²) in [4.78, 5) is 26.7. The molecule has 0 saturated carbocycles. The first-order chi connectivity index (χ1) is 12.5. The van der Waals surface area contributed by atoms with E-state index in [1.807, 2.05) is 30.3 Å². The van der Waals surface area contributed by atoms with Crippen LogP contribution < -0.4 is 9.64 Å². The van der Waals surface area contributed by atoms with Gasteiger partial charge in [0.15, 0.2) is 11.7 Å². The molecule has 1 fully saturated rings. The number of rotatable bonds is 5. The number of hydrogen-bond donors (Lipinski definition) is 1. The largest absolute Gasteiger partial charge is 0.481 e. The predicted molar refractivity (Wildman–Crippen MR) is 102 cm³/mol. The van der Waals surface area contributed by atoms with E-state index in [0.717, 1.165) is 0 Å². The number of carboxylic acid groups (broad SMARTS) is 1. The van der Waals surface area contributed by atoms with Gasteiger partial charge in [0.1, 0.15) is 11.4 Å². The van der Waals surface area contributed by atoms with Crippen LogP contribution in [0.5, 0.6) is 5.75 Å². The molecule has 0 aromatic heterocycles. The standard InChI is InChI=1S/C19H16N2O4S/c1-20-15(11-13-7-5-6-10-16(13)25-12-17(22)23)18(24)21(19(20)26)14-8-3-2-4-9-14/h2-11H,12H2,1H3,(H,22,23)/b15-11-. The fraction of sp³-hybridized carbons (Fsp3) is 0.105. The van der Waals surface area contributed by atoms with Gasteiger partial charge in [-0.2, -0.15) is 0 Å². The average molecular weight is 368 g/mol. The van der Waals surface area contributed by atoms with E-state index in [-0.39, 0.29) is 5.91 Å². The maximum absolute atomic E-state index is 12.9. The van der Waals surface area contributed by atoms with Gasteiger partial charge in [-0.05, 0) is 36.5 Å². The molecular weight excluding hydrogens is 352 g/mol. The Bertz CT molecular complexity index is 895. The van der Waals surface area contributed by atoms with Gasteiger partial charge in [0.25, 0.3) is 5.91 Å². The highest BCUT2D eigenvalue weighted by Gasteiger charge is 2.36. The smallest absolute Gasteiger partial charge is 0.341 e. The molecule has 7 heteroatoms. The van der Waals surface area contributed by atoms with Crippen LogP contribution in [0.2, 0.25) is 0 Å². The molecule has 26 heavy (non-hydrogen) atoms. The van der Waals surface area contributed by atoms with E-state index >= 15 is 0 Å². The van der Waals surface area contributed by atoms with Gasteiger partial charge in [0.2, 0.25) is 0 Å². The molecule has 2 aromatic rings. The maximum Gasteiger partial charge on any atom is 0.341 e. The second-order valence-electron chi connectivity index (χ2n) is 5.57. The molecule has 1 saturated heterocycles. The fourth-order valence-corrected chi connectivity index (χ4v) is 2.87. The van der Waals surface area contributed by atoms with Gasteiger partial charge >= 0.3 is 5.97 Å². The quantitative estimate of drug-likeness (QED) is 0.646. The number of ether oxygens (including phenoxy) is 1. The molecule has 132 valence electrons. The van der Waals surface area contributed by atoms with E-state index < -0.39 is 12.6 Å². The van der Waals surface area contributed by atoms with Gasteiger partial charge in [0.05, 0.1) is 5.69 Å². The minimum absolute atomic E-state index is 0.253. The van der Waals surface area contributed by atoms with E-state index in [2.05, 4.69) is 0 Å². The number of nitrogens with zero attached hydrogens (tertiary/aromatic N) is 2. The molecule has 2 aromatic carbocycles. The Labute approximate surface area is 155 Å². The summed E-state index contributed by atoms with van der Waals surface area (Å²) in [5.74, 6) is -0.942. The lowest BCUT2D eigenvalue weighted by Gasteiger charge is -2.16. The van der Waals surface area contributed by atoms with Gasteiger partial charge in [-0.15, -0.1) is 0 Å². The number of carbonyl (C=O) groups is 2. The number of aliphatic carboxylic acids is 1. The summed E-state index contributed by atoms with van der Waals surface area (Å²) >= 11 is 5.42. The number of hydrogen-bond acceptors (Lipinski definition) is 4. The topological polar surface area (TPSA) is 70.1 Å². The van der Waals surface area contributed by atoms with E-state index in [9.17, 15) is 9.59 Å². The Hall–Kier alpha value is -3.19. The zero-order valence-corrected chi connectivity index (χ0v) is 14.8. The molecule has 1 N–H and O–H groups in total. The Morgan fingerprint density at radius 2 is 1.81 bits per heavy atom. The van der Waals surface area contributed by atoms with E-state index in [1.54, 1.807) is 42.3 Å². The lowest BCUT2D eigenvalue weighted by molar-refractivity contribution is -0.139. The van der Waals surface area contributed by atoms with Crippen molar-refractivity contribution in [2.75, 3.05) is 18.6 Å². The highest BCUT2D eigenvalue weighted by Crippen LogP contribution is 2.29. The van der Waals surface area contributed by atoms with Crippen molar-refractivity contribution in [2.24, 2.45) is 0 Å². The predicted octanol–water partition coefficient (Wildman–Crippen LogP) is 2.75. The van der Waals surface area contributed by atoms with Crippen LogP contribution in [-0.2, 0) is 9.59 Å². The first kappa shape index (κ1) is 17.6. The van der Waals surface area contributed by atoms with Crippen LogP contribution in [0, 0.1) is 0 Å². The van der Waals surface area contributed by atoms with Crippen LogP contribution in [-0.4, -0.2) is 40.6 Å². The van der Waals surface area contributed by atoms with Gasteiger partial charge in [-0.1, -0.05) is 36.4 Å². The van der Waals surface area contributed by atoms with Crippen LogP contribution >= 0.6 is 12.2 Å². The molecule has 0 atom stereocenters. The monoisotopic (exact) mass is 368 g/mol. The molecule has 6 nitrogen and oxygen atoms in total. The zero-order valence-electron chi connectivity index (χ0n) is 14.0. The lowest BCUT2D eigenvalue weighted by atomic mass is 10.1. The van der Waals surface area contributed by atoms with Crippen molar-refractivity contribution in [1.82, 2.24) is 4.90 Å². The van der Waals surface area contributed by atoms with Crippen molar-refractivity contribution in [3.63, 3.8) is 0 Å². The van der Waals surface area contributed by atoms with Gasteiger partial charge < -0.3 is 14.7 Å². The summed E-state index contributed by atoms with van der Waals surface area (Å²) in [7, 11) is 1.72. The molecular formula is C19H16N2O4S. The minimum atomic E-state index is -1.07. The number of amides is 1. The number of carboxylic acids is 1. The average Bonchev–Trinajstić information content (AvgIpc) is 2.85. The van der Waals surface area contributed by atoms with Crippen molar-refractivity contribution in [3.8, 4) is 5.75 Å². The van der Waals surface area contributed by atoms with Crippen LogP contribution in [0.1, 0.15) is 5.56 Å². The summed E-state index contributed by atoms with van der Waals surface area (Å²) in [6, 6.07) is 16.1. The van der Waals surface area contributed by atoms with Gasteiger partial charge in [-0.3, -0.25) is 9.69 Å².